The summed E-state index contributed by atoms with van der Waals surface area (Å²) in [6.45, 7) is 9.68. The third-order valence-electron chi connectivity index (χ3n) is 8.88. The molecule has 6 nitrogen and oxygen atoms in total. The molecule has 0 bridgehead atoms. The minimum Gasteiger partial charge on any atom is -0.342 e. The van der Waals surface area contributed by atoms with Crippen LogP contribution in [0.4, 0.5) is 0 Å². The third kappa shape index (κ3) is 7.79. The number of halogens is 1. The summed E-state index contributed by atoms with van der Waals surface area (Å²) >= 11 is 0. The molecule has 37 heavy (non-hydrogen) atoms. The summed E-state index contributed by atoms with van der Waals surface area (Å²) < 4.78 is 0. The molecule has 0 radical (unpaired) electrons. The minimum atomic E-state index is 0. The van der Waals surface area contributed by atoms with Gasteiger partial charge >= 0.3 is 0 Å². The summed E-state index contributed by atoms with van der Waals surface area (Å²) in [5.74, 6) is 1.15. The molecule has 2 amide bonds. The Bertz CT molecular complexity index is 796. The van der Waals surface area contributed by atoms with Crippen molar-refractivity contribution in [1.29, 1.82) is 0 Å². The molecule has 2 atom stereocenters. The van der Waals surface area contributed by atoms with Gasteiger partial charge in [0.25, 0.3) is 0 Å². The fraction of sp³-hybridized carbons (Fsp3) is 0.733. The van der Waals surface area contributed by atoms with Gasteiger partial charge in [0.05, 0.1) is 11.8 Å². The van der Waals surface area contributed by atoms with E-state index in [1.165, 1.54) is 49.7 Å². The molecule has 4 saturated heterocycles. The first kappa shape index (κ1) is 28.6. The number of benzene rings is 1. The largest absolute Gasteiger partial charge is 0.342 e. The van der Waals surface area contributed by atoms with E-state index in [0.29, 0.717) is 11.8 Å². The number of carbonyl (C=O) groups excluding carboxylic acids is 2. The predicted molar refractivity (Wildman–Crippen MR) is 154 cm³/mol. The molecule has 4 aliphatic rings. The smallest absolute Gasteiger partial charge is 0.226 e. The zero-order valence-electron chi connectivity index (χ0n) is 22.6. The summed E-state index contributed by atoms with van der Waals surface area (Å²) in [6, 6.07) is 9.08. The van der Waals surface area contributed by atoms with Crippen molar-refractivity contribution in [3.8, 4) is 0 Å². The van der Waals surface area contributed by atoms with E-state index in [9.17, 15) is 9.59 Å². The maximum atomic E-state index is 13.0. The van der Waals surface area contributed by atoms with Crippen molar-refractivity contribution >= 4 is 28.8 Å². The molecule has 0 aromatic heterocycles. The van der Waals surface area contributed by atoms with E-state index in [-0.39, 0.29) is 28.8 Å². The summed E-state index contributed by atoms with van der Waals surface area (Å²) in [7, 11) is 0. The highest BCUT2D eigenvalue weighted by atomic mass is 79.9. The monoisotopic (exact) mass is 574 g/mol. The molecule has 4 fully saturated rings. The highest BCUT2D eigenvalue weighted by molar-refractivity contribution is 8.93. The van der Waals surface area contributed by atoms with Crippen LogP contribution in [0.5, 0.6) is 0 Å². The summed E-state index contributed by atoms with van der Waals surface area (Å²) in [6.07, 6.45) is 11.5. The highest BCUT2D eigenvalue weighted by Crippen LogP contribution is 2.24. The maximum absolute atomic E-state index is 13.0. The van der Waals surface area contributed by atoms with Crippen molar-refractivity contribution in [2.45, 2.75) is 77.3 Å². The molecule has 1 aromatic carbocycles. The highest BCUT2D eigenvalue weighted by Gasteiger charge is 2.31. The lowest BCUT2D eigenvalue weighted by Crippen LogP contribution is -2.46. The predicted octanol–water partition coefficient (Wildman–Crippen LogP) is 4.71. The van der Waals surface area contributed by atoms with Gasteiger partial charge < -0.3 is 9.80 Å². The van der Waals surface area contributed by atoms with Gasteiger partial charge in [0.2, 0.25) is 11.8 Å². The quantitative estimate of drug-likeness (QED) is 0.493. The van der Waals surface area contributed by atoms with Crippen molar-refractivity contribution < 1.29 is 9.59 Å². The molecule has 4 aliphatic heterocycles. The Morgan fingerprint density at radius 2 is 0.946 bits per heavy atom. The first-order chi connectivity index (χ1) is 17.7. The number of piperidine rings is 4. The fourth-order valence-electron chi connectivity index (χ4n) is 6.81. The average Bonchev–Trinajstić information content (AvgIpc) is 2.94. The fourth-order valence-corrected chi connectivity index (χ4v) is 6.81. The van der Waals surface area contributed by atoms with Crippen LogP contribution in [-0.2, 0) is 22.7 Å². The van der Waals surface area contributed by atoms with Crippen LogP contribution in [0, 0.1) is 11.8 Å². The van der Waals surface area contributed by atoms with E-state index in [1.54, 1.807) is 0 Å². The molecule has 0 aliphatic carbocycles. The molecule has 7 heteroatoms. The van der Waals surface area contributed by atoms with Crippen LogP contribution >= 0.6 is 17.0 Å². The molecular weight excluding hydrogens is 528 g/mol. The zero-order valence-corrected chi connectivity index (χ0v) is 24.3. The molecule has 0 spiro atoms. The first-order valence-electron chi connectivity index (χ1n) is 14.8. The van der Waals surface area contributed by atoms with Crippen molar-refractivity contribution in [1.82, 2.24) is 19.6 Å². The second kappa shape index (κ2) is 14.1. The number of carbonyl (C=O) groups is 2. The van der Waals surface area contributed by atoms with Gasteiger partial charge in [-0.2, -0.15) is 0 Å². The van der Waals surface area contributed by atoms with Crippen LogP contribution in [0.2, 0.25) is 0 Å². The van der Waals surface area contributed by atoms with Crippen LogP contribution in [-0.4, -0.2) is 83.8 Å². The normalized spacial score (nSPS) is 25.9. The molecular formula is C30H47BrN4O2. The second-order valence-corrected chi connectivity index (χ2v) is 11.7. The Morgan fingerprint density at radius 1 is 0.568 bits per heavy atom. The van der Waals surface area contributed by atoms with Gasteiger partial charge in [-0.15, -0.1) is 17.0 Å². The molecule has 0 saturated carbocycles. The van der Waals surface area contributed by atoms with Gasteiger partial charge in [0, 0.05) is 52.4 Å². The number of hydrogen-bond donors (Lipinski definition) is 0. The van der Waals surface area contributed by atoms with E-state index < -0.39 is 0 Å². The molecule has 5 rings (SSSR count). The van der Waals surface area contributed by atoms with Crippen LogP contribution in [0.3, 0.4) is 0 Å². The Morgan fingerprint density at radius 3 is 1.32 bits per heavy atom. The third-order valence-corrected chi connectivity index (χ3v) is 8.88. The lowest BCUT2D eigenvalue weighted by atomic mass is 9.94. The van der Waals surface area contributed by atoms with Gasteiger partial charge in [-0.05, 0) is 88.4 Å². The van der Waals surface area contributed by atoms with Gasteiger partial charge in [0.15, 0.2) is 0 Å². The summed E-state index contributed by atoms with van der Waals surface area (Å²) in [5.41, 5.74) is 2.67. The molecule has 2 unspecified atom stereocenters. The van der Waals surface area contributed by atoms with Crippen molar-refractivity contribution in [3.05, 3.63) is 35.4 Å². The molecule has 0 N–H and O–H groups in total. The van der Waals surface area contributed by atoms with Gasteiger partial charge in [0.1, 0.15) is 0 Å². The number of rotatable bonds is 6. The topological polar surface area (TPSA) is 47.1 Å². The lowest BCUT2D eigenvalue weighted by Gasteiger charge is -2.36. The second-order valence-electron chi connectivity index (χ2n) is 11.7. The van der Waals surface area contributed by atoms with Crippen LogP contribution in [0.15, 0.2) is 24.3 Å². The molecule has 4 heterocycles. The van der Waals surface area contributed by atoms with Crippen LogP contribution in [0.25, 0.3) is 0 Å². The lowest BCUT2D eigenvalue weighted by molar-refractivity contribution is -0.139. The SMILES string of the molecule is Br.O=C(C1CCCN(Cc2ccc(CN3CCCC(C(=O)N4CCCCC4)C3)cc2)C1)N1CCCCC1. The van der Waals surface area contributed by atoms with E-state index in [2.05, 4.69) is 43.9 Å². The number of hydrogen-bond acceptors (Lipinski definition) is 4. The Labute approximate surface area is 234 Å². The number of amides is 2. The van der Waals surface area contributed by atoms with Crippen molar-refractivity contribution in [3.63, 3.8) is 0 Å². The molecule has 206 valence electrons. The van der Waals surface area contributed by atoms with Crippen molar-refractivity contribution in [2.75, 3.05) is 52.4 Å². The Hall–Kier alpha value is -1.44. The van der Waals surface area contributed by atoms with Gasteiger partial charge in [-0.1, -0.05) is 24.3 Å². The summed E-state index contributed by atoms with van der Waals surface area (Å²) in [4.78, 5) is 35.2. The van der Waals surface area contributed by atoms with E-state index in [0.717, 1.165) is 91.1 Å². The first-order valence-corrected chi connectivity index (χ1v) is 14.8. The Kier molecular flexibility index (Phi) is 10.9. The number of nitrogens with zero attached hydrogens (tertiary/aromatic N) is 4. The van der Waals surface area contributed by atoms with E-state index in [4.69, 9.17) is 0 Å². The maximum Gasteiger partial charge on any atom is 0.226 e. The average molecular weight is 576 g/mol. The Balaban J connectivity index is 0.00000320. The van der Waals surface area contributed by atoms with Crippen LogP contribution in [0.1, 0.15) is 75.3 Å². The molecule has 1 aromatic rings. The standard InChI is InChI=1S/C30H46N4O2.BrH/c35-29(33-17-3-1-4-18-33)27-9-7-15-31(23-27)21-25-11-13-26(14-12-25)22-32-16-8-10-28(24-32)30(36)34-19-5-2-6-20-34;/h11-14,27-28H,1-10,15-24H2;1H. The minimum absolute atomic E-state index is 0. The van der Waals surface area contributed by atoms with E-state index in [1.807, 2.05) is 0 Å². The van der Waals surface area contributed by atoms with Gasteiger partial charge in [-0.25, -0.2) is 0 Å². The zero-order chi connectivity index (χ0) is 24.7. The van der Waals surface area contributed by atoms with E-state index >= 15 is 0 Å². The van der Waals surface area contributed by atoms with Crippen LogP contribution < -0.4 is 0 Å². The van der Waals surface area contributed by atoms with Crippen molar-refractivity contribution in [2.24, 2.45) is 11.8 Å². The van der Waals surface area contributed by atoms with Gasteiger partial charge in [-0.3, -0.25) is 19.4 Å². The summed E-state index contributed by atoms with van der Waals surface area (Å²) in [5, 5.41) is 0. The number of likely N-dealkylation sites (tertiary alicyclic amines) is 4.